The molecule has 0 aliphatic carbocycles. The number of aromatic nitrogens is 2. The lowest BCUT2D eigenvalue weighted by atomic mass is 10.2. The predicted molar refractivity (Wildman–Crippen MR) is 126 cm³/mol. The van der Waals surface area contributed by atoms with E-state index in [1.807, 2.05) is 65.7 Å². The monoisotopic (exact) mass is 441 g/mol. The van der Waals surface area contributed by atoms with E-state index in [1.54, 1.807) is 36.8 Å². The third kappa shape index (κ3) is 5.55. The van der Waals surface area contributed by atoms with Crippen LogP contribution in [0.15, 0.2) is 112 Å². The number of hydrogen-bond donors (Lipinski definition) is 0. The van der Waals surface area contributed by atoms with E-state index in [0.29, 0.717) is 22.2 Å². The molecule has 4 rings (SSSR count). The summed E-state index contributed by atoms with van der Waals surface area (Å²) in [5.74, 6) is 0. The van der Waals surface area contributed by atoms with Gasteiger partial charge >= 0.3 is 0 Å². The topological polar surface area (TPSA) is 84.5 Å². The molecular formula is C24H19N5O2S. The highest BCUT2D eigenvalue weighted by Gasteiger charge is 2.16. The highest BCUT2D eigenvalue weighted by atomic mass is 32.2. The molecule has 4 aromatic rings. The lowest BCUT2D eigenvalue weighted by molar-refractivity contribution is -0.387. The fourth-order valence-electron chi connectivity index (χ4n) is 2.97. The molecule has 158 valence electrons. The average molecular weight is 442 g/mol. The number of hydrogen-bond acceptors (Lipinski definition) is 7. The van der Waals surface area contributed by atoms with Crippen LogP contribution in [0.2, 0.25) is 0 Å². The summed E-state index contributed by atoms with van der Waals surface area (Å²) in [5, 5.41) is 18.6. The van der Waals surface area contributed by atoms with Crippen LogP contribution in [-0.2, 0) is 6.54 Å². The van der Waals surface area contributed by atoms with Crippen molar-refractivity contribution >= 4 is 29.4 Å². The van der Waals surface area contributed by atoms with Gasteiger partial charge in [0, 0.05) is 24.0 Å². The molecule has 32 heavy (non-hydrogen) atoms. The van der Waals surface area contributed by atoms with Crippen LogP contribution < -0.4 is 5.01 Å². The fraction of sp³-hybridized carbons (Fsp3) is 0.0417. The van der Waals surface area contributed by atoms with Gasteiger partial charge in [0.15, 0.2) is 5.16 Å². The van der Waals surface area contributed by atoms with Gasteiger partial charge in [-0.3, -0.25) is 15.1 Å². The van der Waals surface area contributed by atoms with E-state index in [4.69, 9.17) is 0 Å². The summed E-state index contributed by atoms with van der Waals surface area (Å²) in [4.78, 5) is 20.0. The van der Waals surface area contributed by atoms with E-state index >= 15 is 0 Å². The maximum absolute atomic E-state index is 11.7. The van der Waals surface area contributed by atoms with Gasteiger partial charge in [-0.25, -0.2) is 9.97 Å². The van der Waals surface area contributed by atoms with Gasteiger partial charge in [0.25, 0.3) is 5.69 Å². The van der Waals surface area contributed by atoms with Crippen molar-refractivity contribution in [3.63, 3.8) is 0 Å². The summed E-state index contributed by atoms with van der Waals surface area (Å²) in [6, 6.07) is 26.5. The van der Waals surface area contributed by atoms with Gasteiger partial charge in [0.2, 0.25) is 0 Å². The molecule has 0 saturated heterocycles. The molecule has 0 aliphatic rings. The Morgan fingerprint density at radius 2 is 1.62 bits per heavy atom. The molecule has 0 fully saturated rings. The Balaban J connectivity index is 1.60. The number of hydrazone groups is 1. The standard InChI is InChI=1S/C24H19N5O2S/c30-29(31)22-16-20(12-13-23(22)32-24-25-14-7-15-26-24)17-27-28(21-10-5-2-6-11-21)18-19-8-3-1-4-9-19/h1-17H,18H2/b27-17-. The zero-order valence-electron chi connectivity index (χ0n) is 17.0. The zero-order valence-corrected chi connectivity index (χ0v) is 17.8. The van der Waals surface area contributed by atoms with Gasteiger partial charge in [-0.15, -0.1) is 0 Å². The van der Waals surface area contributed by atoms with Crippen molar-refractivity contribution in [2.24, 2.45) is 5.10 Å². The van der Waals surface area contributed by atoms with Crippen molar-refractivity contribution in [1.82, 2.24) is 9.97 Å². The summed E-state index contributed by atoms with van der Waals surface area (Å²) in [5.41, 5.74) is 2.65. The molecular weight excluding hydrogens is 422 g/mol. The van der Waals surface area contributed by atoms with Crippen LogP contribution in [0.1, 0.15) is 11.1 Å². The van der Waals surface area contributed by atoms with Gasteiger partial charge in [-0.1, -0.05) is 54.6 Å². The minimum Gasteiger partial charge on any atom is -0.261 e. The maximum Gasteiger partial charge on any atom is 0.283 e. The summed E-state index contributed by atoms with van der Waals surface area (Å²) in [6.07, 6.45) is 4.84. The predicted octanol–water partition coefficient (Wildman–Crippen LogP) is 5.58. The van der Waals surface area contributed by atoms with E-state index in [2.05, 4.69) is 15.1 Å². The second-order valence-electron chi connectivity index (χ2n) is 6.74. The second-order valence-corrected chi connectivity index (χ2v) is 7.75. The van der Waals surface area contributed by atoms with E-state index in [9.17, 15) is 10.1 Å². The van der Waals surface area contributed by atoms with E-state index in [-0.39, 0.29) is 5.69 Å². The first-order valence-corrected chi connectivity index (χ1v) is 10.6. The molecule has 0 N–H and O–H groups in total. The van der Waals surface area contributed by atoms with Crippen LogP contribution in [0.4, 0.5) is 11.4 Å². The van der Waals surface area contributed by atoms with Gasteiger partial charge in [-0.2, -0.15) is 5.10 Å². The first kappa shape index (κ1) is 21.2. The molecule has 0 atom stereocenters. The molecule has 0 amide bonds. The first-order chi connectivity index (χ1) is 15.7. The van der Waals surface area contributed by atoms with Crippen molar-refractivity contribution in [1.29, 1.82) is 0 Å². The Morgan fingerprint density at radius 1 is 0.938 bits per heavy atom. The molecule has 8 heteroatoms. The molecule has 0 unspecified atom stereocenters. The Morgan fingerprint density at radius 3 is 2.31 bits per heavy atom. The lowest BCUT2D eigenvalue weighted by Gasteiger charge is -2.19. The molecule has 0 aliphatic heterocycles. The maximum atomic E-state index is 11.7. The fourth-order valence-corrected chi connectivity index (χ4v) is 3.77. The molecule has 0 radical (unpaired) electrons. The molecule has 0 bridgehead atoms. The number of nitrogens with zero attached hydrogens (tertiary/aromatic N) is 5. The van der Waals surface area contributed by atoms with E-state index < -0.39 is 4.92 Å². The molecule has 7 nitrogen and oxygen atoms in total. The third-order valence-electron chi connectivity index (χ3n) is 4.50. The van der Waals surface area contributed by atoms with Crippen LogP contribution in [0, 0.1) is 10.1 Å². The largest absolute Gasteiger partial charge is 0.283 e. The number of nitro groups is 1. The molecule has 0 spiro atoms. The minimum absolute atomic E-state index is 0.0132. The Bertz CT molecular complexity index is 1210. The number of nitro benzene ring substituents is 1. The summed E-state index contributed by atoms with van der Waals surface area (Å²) >= 11 is 1.16. The summed E-state index contributed by atoms with van der Waals surface area (Å²) in [6.45, 7) is 0.572. The average Bonchev–Trinajstić information content (AvgIpc) is 2.84. The van der Waals surface area contributed by atoms with Crippen LogP contribution in [0.5, 0.6) is 0 Å². The van der Waals surface area contributed by atoms with Crippen molar-refractivity contribution < 1.29 is 4.92 Å². The number of para-hydroxylation sites is 1. The van der Waals surface area contributed by atoms with E-state index in [1.165, 1.54) is 6.07 Å². The van der Waals surface area contributed by atoms with Gasteiger partial charge in [0.05, 0.1) is 28.3 Å². The molecule has 1 heterocycles. The molecule has 1 aromatic heterocycles. The zero-order chi connectivity index (χ0) is 22.2. The summed E-state index contributed by atoms with van der Waals surface area (Å²) in [7, 11) is 0. The van der Waals surface area contributed by atoms with Crippen molar-refractivity contribution in [2.75, 3.05) is 5.01 Å². The SMILES string of the molecule is O=[N+]([O-])c1cc(/C=N\N(Cc2ccccc2)c2ccccc2)ccc1Sc1ncccn1. The lowest BCUT2D eigenvalue weighted by Crippen LogP contribution is -2.16. The molecule has 3 aromatic carbocycles. The number of rotatable bonds is 8. The highest BCUT2D eigenvalue weighted by molar-refractivity contribution is 7.99. The van der Waals surface area contributed by atoms with Crippen molar-refractivity contribution in [2.45, 2.75) is 16.6 Å². The van der Waals surface area contributed by atoms with Crippen LogP contribution in [0.3, 0.4) is 0 Å². The minimum atomic E-state index is -0.401. The number of anilines is 1. The van der Waals surface area contributed by atoms with Crippen molar-refractivity contribution in [3.05, 3.63) is 119 Å². The second kappa shape index (κ2) is 10.3. The number of benzene rings is 3. The van der Waals surface area contributed by atoms with Crippen LogP contribution in [-0.4, -0.2) is 21.1 Å². The third-order valence-corrected chi connectivity index (χ3v) is 5.46. The van der Waals surface area contributed by atoms with Crippen LogP contribution in [0.25, 0.3) is 0 Å². The van der Waals surface area contributed by atoms with Gasteiger partial charge in [0.1, 0.15) is 0 Å². The quantitative estimate of drug-likeness (QED) is 0.154. The van der Waals surface area contributed by atoms with Gasteiger partial charge in [-0.05, 0) is 41.6 Å². The first-order valence-electron chi connectivity index (χ1n) is 9.83. The Labute approximate surface area is 189 Å². The molecule has 0 saturated carbocycles. The smallest absolute Gasteiger partial charge is 0.261 e. The van der Waals surface area contributed by atoms with E-state index in [0.717, 1.165) is 23.0 Å². The van der Waals surface area contributed by atoms with Crippen molar-refractivity contribution in [3.8, 4) is 0 Å². The highest BCUT2D eigenvalue weighted by Crippen LogP contribution is 2.33. The summed E-state index contributed by atoms with van der Waals surface area (Å²) < 4.78 is 0. The Hall–Kier alpha value is -4.04. The normalized spacial score (nSPS) is 10.9. The van der Waals surface area contributed by atoms with Gasteiger partial charge < -0.3 is 0 Å². The Kier molecular flexibility index (Phi) is 6.84. The van der Waals surface area contributed by atoms with Crippen LogP contribution >= 0.6 is 11.8 Å².